The van der Waals surface area contributed by atoms with Crippen molar-refractivity contribution in [3.05, 3.63) is 23.8 Å². The number of hydrogen-bond donors (Lipinski definition) is 2. The molecule has 0 spiro atoms. The molecule has 0 saturated heterocycles. The lowest BCUT2D eigenvalue weighted by Crippen LogP contribution is -3.00. The van der Waals surface area contributed by atoms with Crippen molar-refractivity contribution in [3.8, 4) is 11.5 Å². The Balaban J connectivity index is 0.00000324. The Bertz CT molecular complexity index is 349. The van der Waals surface area contributed by atoms with Gasteiger partial charge in [0.1, 0.15) is 0 Å². The maximum absolute atomic E-state index is 8.55. The molecule has 5 nitrogen and oxygen atoms in total. The van der Waals surface area contributed by atoms with Crippen LogP contribution in [0.3, 0.4) is 0 Å². The molecule has 19 heavy (non-hydrogen) atoms. The van der Waals surface area contributed by atoms with E-state index in [1.54, 1.807) is 14.2 Å². The van der Waals surface area contributed by atoms with E-state index in [0.29, 0.717) is 19.8 Å². The van der Waals surface area contributed by atoms with Gasteiger partial charge in [-0.1, -0.05) is 12.1 Å². The third kappa shape index (κ3) is 6.11. The van der Waals surface area contributed by atoms with Crippen LogP contribution in [-0.2, 0) is 11.3 Å². The Hall–Kier alpha value is -1.01. The molecule has 0 bridgehead atoms. The number of aliphatic hydroxyl groups is 1. The number of nitrogens with one attached hydrogen (secondary N) is 1. The average Bonchev–Trinajstić information content (AvgIpc) is 2.42. The number of rotatable bonds is 9. The van der Waals surface area contributed by atoms with E-state index in [2.05, 4.69) is 5.32 Å². The third-order valence-electron chi connectivity index (χ3n) is 2.46. The van der Waals surface area contributed by atoms with Crippen molar-refractivity contribution >= 4 is 0 Å². The molecule has 0 aliphatic rings. The molecule has 0 atom stereocenters. The van der Waals surface area contributed by atoms with Crippen molar-refractivity contribution in [3.63, 3.8) is 0 Å². The Kier molecular flexibility index (Phi) is 10.3. The van der Waals surface area contributed by atoms with Gasteiger partial charge in [-0.15, -0.1) is 0 Å². The minimum atomic E-state index is 0. The van der Waals surface area contributed by atoms with E-state index in [9.17, 15) is 0 Å². The average molecular weight is 291 g/mol. The molecule has 0 aliphatic heterocycles. The fourth-order valence-electron chi connectivity index (χ4n) is 1.63. The van der Waals surface area contributed by atoms with Gasteiger partial charge in [-0.2, -0.15) is 0 Å². The highest BCUT2D eigenvalue weighted by atomic mass is 35.5. The lowest BCUT2D eigenvalue weighted by atomic mass is 10.2. The number of para-hydroxylation sites is 1. The SMILES string of the molecule is COc1cccc(CNCCOCCO)c1OC.[Cl-]. The van der Waals surface area contributed by atoms with Gasteiger partial charge in [0.15, 0.2) is 11.5 Å². The van der Waals surface area contributed by atoms with Gasteiger partial charge in [0.2, 0.25) is 0 Å². The Morgan fingerprint density at radius 2 is 1.95 bits per heavy atom. The van der Waals surface area contributed by atoms with Gasteiger partial charge in [0, 0.05) is 18.7 Å². The summed E-state index contributed by atoms with van der Waals surface area (Å²) in [5.41, 5.74) is 1.04. The maximum atomic E-state index is 8.55. The molecule has 0 aromatic heterocycles. The second-order valence-electron chi connectivity index (χ2n) is 3.67. The molecule has 0 radical (unpaired) electrons. The van der Waals surface area contributed by atoms with E-state index in [4.69, 9.17) is 19.3 Å². The van der Waals surface area contributed by atoms with Crippen molar-refractivity contribution < 1.29 is 31.7 Å². The highest BCUT2D eigenvalue weighted by molar-refractivity contribution is 5.46. The van der Waals surface area contributed by atoms with E-state index >= 15 is 0 Å². The van der Waals surface area contributed by atoms with Crippen molar-refractivity contribution in [2.45, 2.75) is 6.54 Å². The van der Waals surface area contributed by atoms with Crippen LogP contribution in [0.15, 0.2) is 18.2 Å². The zero-order valence-electron chi connectivity index (χ0n) is 11.3. The fraction of sp³-hybridized carbons (Fsp3) is 0.538. The second kappa shape index (κ2) is 10.9. The predicted molar refractivity (Wildman–Crippen MR) is 69.2 cm³/mol. The molecule has 6 heteroatoms. The molecule has 2 N–H and O–H groups in total. The molecular weight excluding hydrogens is 270 g/mol. The van der Waals surface area contributed by atoms with E-state index in [0.717, 1.165) is 23.6 Å². The molecule has 1 rings (SSSR count). The summed E-state index contributed by atoms with van der Waals surface area (Å²) in [6.45, 7) is 2.42. The van der Waals surface area contributed by atoms with Crippen LogP contribution in [0.25, 0.3) is 0 Å². The van der Waals surface area contributed by atoms with Gasteiger partial charge in [0.05, 0.1) is 34.0 Å². The highest BCUT2D eigenvalue weighted by Crippen LogP contribution is 2.30. The van der Waals surface area contributed by atoms with Crippen LogP contribution in [0.5, 0.6) is 11.5 Å². The van der Waals surface area contributed by atoms with Crippen LogP contribution < -0.4 is 27.2 Å². The van der Waals surface area contributed by atoms with Gasteiger partial charge in [-0.05, 0) is 6.07 Å². The molecule has 0 fully saturated rings. The summed E-state index contributed by atoms with van der Waals surface area (Å²) < 4.78 is 15.7. The Morgan fingerprint density at radius 1 is 1.16 bits per heavy atom. The van der Waals surface area contributed by atoms with Gasteiger partial charge in [0.25, 0.3) is 0 Å². The zero-order chi connectivity index (χ0) is 13.2. The highest BCUT2D eigenvalue weighted by Gasteiger charge is 2.08. The number of hydrogen-bond acceptors (Lipinski definition) is 5. The van der Waals surface area contributed by atoms with Crippen LogP contribution in [0, 0.1) is 0 Å². The summed E-state index contributed by atoms with van der Waals surface area (Å²) in [4.78, 5) is 0. The van der Waals surface area contributed by atoms with E-state index in [1.807, 2.05) is 18.2 Å². The molecule has 0 heterocycles. The zero-order valence-corrected chi connectivity index (χ0v) is 12.1. The normalized spacial score (nSPS) is 9.84. The standard InChI is InChI=1S/C13H21NO4.ClH/c1-16-12-5-3-4-11(13(12)17-2)10-14-6-8-18-9-7-15;/h3-5,14-15H,6-10H2,1-2H3;1H/p-1. The summed E-state index contributed by atoms with van der Waals surface area (Å²) in [5, 5.41) is 11.8. The summed E-state index contributed by atoms with van der Waals surface area (Å²) in [7, 11) is 3.25. The first kappa shape index (κ1) is 18.0. The van der Waals surface area contributed by atoms with Crippen molar-refractivity contribution in [2.75, 3.05) is 40.6 Å². The monoisotopic (exact) mass is 290 g/mol. The molecule has 0 aliphatic carbocycles. The first-order valence-corrected chi connectivity index (χ1v) is 5.92. The predicted octanol–water partition coefficient (Wildman–Crippen LogP) is -2.19. The van der Waals surface area contributed by atoms with Gasteiger partial charge in [-0.25, -0.2) is 0 Å². The van der Waals surface area contributed by atoms with Crippen LogP contribution in [-0.4, -0.2) is 45.7 Å². The topological polar surface area (TPSA) is 60.0 Å². The van der Waals surface area contributed by atoms with Gasteiger partial charge >= 0.3 is 0 Å². The number of ether oxygens (including phenoxy) is 3. The molecule has 0 unspecified atom stereocenters. The fourth-order valence-corrected chi connectivity index (χ4v) is 1.63. The van der Waals surface area contributed by atoms with Crippen molar-refractivity contribution in [1.82, 2.24) is 5.32 Å². The maximum Gasteiger partial charge on any atom is 0.165 e. The lowest BCUT2D eigenvalue weighted by Gasteiger charge is -2.13. The van der Waals surface area contributed by atoms with Crippen LogP contribution in [0.1, 0.15) is 5.56 Å². The summed E-state index contributed by atoms with van der Waals surface area (Å²) in [6.07, 6.45) is 0. The van der Waals surface area contributed by atoms with E-state index < -0.39 is 0 Å². The molecule has 0 amide bonds. The summed E-state index contributed by atoms with van der Waals surface area (Å²) in [6, 6.07) is 5.79. The number of aliphatic hydroxyl groups excluding tert-OH is 1. The number of halogens is 1. The first-order valence-electron chi connectivity index (χ1n) is 5.92. The second-order valence-corrected chi connectivity index (χ2v) is 3.67. The lowest BCUT2D eigenvalue weighted by molar-refractivity contribution is -0.00000547. The molecule has 110 valence electrons. The van der Waals surface area contributed by atoms with Crippen LogP contribution in [0.4, 0.5) is 0 Å². The van der Waals surface area contributed by atoms with Crippen molar-refractivity contribution in [1.29, 1.82) is 0 Å². The van der Waals surface area contributed by atoms with Crippen LogP contribution >= 0.6 is 0 Å². The minimum absolute atomic E-state index is 0. The van der Waals surface area contributed by atoms with Crippen molar-refractivity contribution in [2.24, 2.45) is 0 Å². The summed E-state index contributed by atoms with van der Waals surface area (Å²) in [5.74, 6) is 1.48. The molecule has 0 saturated carbocycles. The van der Waals surface area contributed by atoms with E-state index in [1.165, 1.54) is 0 Å². The Morgan fingerprint density at radius 3 is 2.58 bits per heavy atom. The number of methoxy groups -OCH3 is 2. The molecular formula is C13H21ClNO4-. The first-order chi connectivity index (χ1) is 8.83. The third-order valence-corrected chi connectivity index (χ3v) is 2.46. The summed E-state index contributed by atoms with van der Waals surface area (Å²) >= 11 is 0. The Labute approximate surface area is 120 Å². The van der Waals surface area contributed by atoms with Gasteiger partial charge < -0.3 is 37.0 Å². The largest absolute Gasteiger partial charge is 1.00 e. The van der Waals surface area contributed by atoms with Gasteiger partial charge in [-0.3, -0.25) is 0 Å². The van der Waals surface area contributed by atoms with Crippen LogP contribution in [0.2, 0.25) is 0 Å². The molecule has 1 aromatic carbocycles. The molecule has 1 aromatic rings. The quantitative estimate of drug-likeness (QED) is 0.506. The smallest absolute Gasteiger partial charge is 0.165 e. The minimum Gasteiger partial charge on any atom is -1.00 e. The number of benzene rings is 1. The van der Waals surface area contributed by atoms with E-state index in [-0.39, 0.29) is 19.0 Å².